The fourth-order valence-corrected chi connectivity index (χ4v) is 1.79. The van der Waals surface area contributed by atoms with Gasteiger partial charge in [0.1, 0.15) is 0 Å². The Bertz CT molecular complexity index is 382. The molecule has 0 fully saturated rings. The van der Waals surface area contributed by atoms with Crippen molar-refractivity contribution < 1.29 is 9.47 Å². The highest BCUT2D eigenvalue weighted by Gasteiger charge is 1.94. The van der Waals surface area contributed by atoms with Crippen LogP contribution < -0.4 is 11.1 Å². The smallest absolute Gasteiger partial charge is 0.188 e. The third-order valence-corrected chi connectivity index (χ3v) is 2.97. The standard InChI is InChI=1S/C16H27N3O2/c1-20-14-11-19-16(17)18-10-5-6-12-21-13-9-15-7-3-2-4-8-15/h2-4,7-8H,5-6,9-14H2,1H3,(H3,17,18,19). The minimum absolute atomic E-state index is 0.483. The van der Waals surface area contributed by atoms with Crippen molar-refractivity contribution in [3.8, 4) is 0 Å². The molecule has 118 valence electrons. The Morgan fingerprint density at radius 2 is 1.95 bits per heavy atom. The lowest BCUT2D eigenvalue weighted by atomic mass is 10.2. The molecule has 1 aromatic carbocycles. The summed E-state index contributed by atoms with van der Waals surface area (Å²) in [6.07, 6.45) is 2.96. The van der Waals surface area contributed by atoms with Gasteiger partial charge in [0.25, 0.3) is 0 Å². The summed E-state index contributed by atoms with van der Waals surface area (Å²) in [4.78, 5) is 4.23. The molecule has 3 N–H and O–H groups in total. The first kappa shape index (κ1) is 17.5. The number of benzene rings is 1. The van der Waals surface area contributed by atoms with E-state index in [1.54, 1.807) is 7.11 Å². The fraction of sp³-hybridized carbons (Fsp3) is 0.562. The van der Waals surface area contributed by atoms with Crippen molar-refractivity contribution in [1.82, 2.24) is 5.32 Å². The van der Waals surface area contributed by atoms with Gasteiger partial charge in [0.15, 0.2) is 5.96 Å². The first-order valence-corrected chi connectivity index (χ1v) is 7.47. The number of unbranched alkanes of at least 4 members (excludes halogenated alkanes) is 1. The van der Waals surface area contributed by atoms with Crippen molar-refractivity contribution in [2.75, 3.05) is 40.0 Å². The van der Waals surface area contributed by atoms with E-state index in [1.165, 1.54) is 5.56 Å². The second-order valence-corrected chi connectivity index (χ2v) is 4.74. The zero-order chi connectivity index (χ0) is 15.2. The van der Waals surface area contributed by atoms with E-state index in [1.807, 2.05) is 6.07 Å². The van der Waals surface area contributed by atoms with E-state index in [0.717, 1.165) is 39.0 Å². The Balaban J connectivity index is 1.91. The normalized spacial score (nSPS) is 11.6. The molecule has 0 amide bonds. The Kier molecular flexibility index (Phi) is 10.1. The maximum atomic E-state index is 5.69. The van der Waals surface area contributed by atoms with Crippen molar-refractivity contribution in [2.45, 2.75) is 19.3 Å². The first-order chi connectivity index (χ1) is 10.3. The van der Waals surface area contributed by atoms with Crippen LogP contribution in [0.5, 0.6) is 0 Å². The molecule has 0 heterocycles. The van der Waals surface area contributed by atoms with Gasteiger partial charge in [-0.2, -0.15) is 0 Å². The van der Waals surface area contributed by atoms with Crippen LogP contribution in [0.15, 0.2) is 35.3 Å². The molecule has 1 rings (SSSR count). The molecule has 21 heavy (non-hydrogen) atoms. The molecular weight excluding hydrogens is 266 g/mol. The SMILES string of the molecule is COCCNC(N)=NCCCCOCCc1ccccc1. The molecule has 5 nitrogen and oxygen atoms in total. The molecule has 0 atom stereocenters. The number of hydrogen-bond donors (Lipinski definition) is 2. The third kappa shape index (κ3) is 9.87. The van der Waals surface area contributed by atoms with E-state index in [-0.39, 0.29) is 0 Å². The summed E-state index contributed by atoms with van der Waals surface area (Å²) in [5.41, 5.74) is 7.01. The predicted octanol–water partition coefficient (Wildman–Crippen LogP) is 1.58. The van der Waals surface area contributed by atoms with Crippen molar-refractivity contribution in [2.24, 2.45) is 10.7 Å². The van der Waals surface area contributed by atoms with Crippen LogP contribution in [0.1, 0.15) is 18.4 Å². The zero-order valence-electron chi connectivity index (χ0n) is 12.9. The van der Waals surface area contributed by atoms with Gasteiger partial charge in [-0.25, -0.2) is 0 Å². The third-order valence-electron chi connectivity index (χ3n) is 2.97. The lowest BCUT2D eigenvalue weighted by Crippen LogP contribution is -2.34. The van der Waals surface area contributed by atoms with Gasteiger partial charge in [0.2, 0.25) is 0 Å². The van der Waals surface area contributed by atoms with Crippen molar-refractivity contribution >= 4 is 5.96 Å². The first-order valence-electron chi connectivity index (χ1n) is 7.47. The van der Waals surface area contributed by atoms with E-state index in [2.05, 4.69) is 34.6 Å². The van der Waals surface area contributed by atoms with Gasteiger partial charge in [0.05, 0.1) is 13.2 Å². The molecule has 0 radical (unpaired) electrons. The van der Waals surface area contributed by atoms with Gasteiger partial charge in [-0.15, -0.1) is 0 Å². The number of nitrogens with two attached hydrogens (primary N) is 1. The lowest BCUT2D eigenvalue weighted by Gasteiger charge is -2.05. The molecule has 0 aliphatic rings. The zero-order valence-corrected chi connectivity index (χ0v) is 12.9. The Hall–Kier alpha value is -1.59. The molecule has 0 bridgehead atoms. The van der Waals surface area contributed by atoms with E-state index in [0.29, 0.717) is 19.1 Å². The molecule has 0 aliphatic carbocycles. The second-order valence-electron chi connectivity index (χ2n) is 4.74. The number of nitrogens with zero attached hydrogens (tertiary/aromatic N) is 1. The number of hydrogen-bond acceptors (Lipinski definition) is 3. The maximum Gasteiger partial charge on any atom is 0.188 e. The second kappa shape index (κ2) is 12.2. The van der Waals surface area contributed by atoms with Crippen molar-refractivity contribution in [1.29, 1.82) is 0 Å². The van der Waals surface area contributed by atoms with Crippen LogP contribution in [0.2, 0.25) is 0 Å². The fourth-order valence-electron chi connectivity index (χ4n) is 1.79. The summed E-state index contributed by atoms with van der Waals surface area (Å²) in [6.45, 7) is 3.60. The highest BCUT2D eigenvalue weighted by atomic mass is 16.5. The van der Waals surface area contributed by atoms with Gasteiger partial charge >= 0.3 is 0 Å². The number of guanidine groups is 1. The minimum atomic E-state index is 0.483. The summed E-state index contributed by atoms with van der Waals surface area (Å²) in [5.74, 6) is 0.483. The Morgan fingerprint density at radius 3 is 2.71 bits per heavy atom. The van der Waals surface area contributed by atoms with Gasteiger partial charge in [-0.05, 0) is 24.8 Å². The number of rotatable bonds is 11. The number of aliphatic imine (C=N–C) groups is 1. The van der Waals surface area contributed by atoms with Gasteiger partial charge in [-0.3, -0.25) is 4.99 Å². The van der Waals surface area contributed by atoms with E-state index >= 15 is 0 Å². The molecule has 0 aliphatic heterocycles. The molecule has 5 heteroatoms. The van der Waals surface area contributed by atoms with Gasteiger partial charge in [0, 0.05) is 26.8 Å². The quantitative estimate of drug-likeness (QED) is 0.369. The van der Waals surface area contributed by atoms with Crippen molar-refractivity contribution in [3.63, 3.8) is 0 Å². The maximum absolute atomic E-state index is 5.69. The molecule has 0 saturated carbocycles. The molecular formula is C16H27N3O2. The van der Waals surface area contributed by atoms with Gasteiger partial charge < -0.3 is 20.5 Å². The molecule has 0 unspecified atom stereocenters. The van der Waals surface area contributed by atoms with E-state index in [9.17, 15) is 0 Å². The van der Waals surface area contributed by atoms with Crippen LogP contribution >= 0.6 is 0 Å². The summed E-state index contributed by atoms with van der Waals surface area (Å²) in [7, 11) is 1.66. The highest BCUT2D eigenvalue weighted by Crippen LogP contribution is 2.00. The minimum Gasteiger partial charge on any atom is -0.383 e. The average Bonchev–Trinajstić information content (AvgIpc) is 2.51. The van der Waals surface area contributed by atoms with Crippen LogP contribution in [0.25, 0.3) is 0 Å². The number of methoxy groups -OCH3 is 1. The summed E-state index contributed by atoms with van der Waals surface area (Å²) in [6, 6.07) is 10.4. The summed E-state index contributed by atoms with van der Waals surface area (Å²) in [5, 5.41) is 2.98. The molecule has 0 spiro atoms. The van der Waals surface area contributed by atoms with Crippen molar-refractivity contribution in [3.05, 3.63) is 35.9 Å². The van der Waals surface area contributed by atoms with Crippen LogP contribution in [0.4, 0.5) is 0 Å². The molecule has 1 aromatic rings. The van der Waals surface area contributed by atoms with Crippen LogP contribution in [-0.4, -0.2) is 46.0 Å². The summed E-state index contributed by atoms with van der Waals surface area (Å²) >= 11 is 0. The summed E-state index contributed by atoms with van der Waals surface area (Å²) < 4.78 is 10.5. The Labute approximate surface area is 127 Å². The van der Waals surface area contributed by atoms with Crippen LogP contribution in [0, 0.1) is 0 Å². The lowest BCUT2D eigenvalue weighted by molar-refractivity contribution is 0.134. The van der Waals surface area contributed by atoms with Crippen LogP contribution in [0.3, 0.4) is 0 Å². The number of nitrogens with one attached hydrogen (secondary N) is 1. The van der Waals surface area contributed by atoms with Crippen LogP contribution in [-0.2, 0) is 15.9 Å². The predicted molar refractivity (Wildman–Crippen MR) is 86.6 cm³/mol. The monoisotopic (exact) mass is 293 g/mol. The van der Waals surface area contributed by atoms with Gasteiger partial charge in [-0.1, -0.05) is 30.3 Å². The molecule has 0 aromatic heterocycles. The van der Waals surface area contributed by atoms with E-state index in [4.69, 9.17) is 15.2 Å². The highest BCUT2D eigenvalue weighted by molar-refractivity contribution is 5.77. The average molecular weight is 293 g/mol. The Morgan fingerprint density at radius 1 is 1.14 bits per heavy atom. The number of ether oxygens (including phenoxy) is 2. The largest absolute Gasteiger partial charge is 0.383 e. The molecule has 0 saturated heterocycles. The van der Waals surface area contributed by atoms with E-state index < -0.39 is 0 Å². The topological polar surface area (TPSA) is 68.9 Å².